The van der Waals surface area contributed by atoms with Gasteiger partial charge >= 0.3 is 5.97 Å². The summed E-state index contributed by atoms with van der Waals surface area (Å²) in [5.41, 5.74) is 2.72. The number of amides is 1. The summed E-state index contributed by atoms with van der Waals surface area (Å²) in [4.78, 5) is 36.3. The third kappa shape index (κ3) is 4.94. The molecule has 1 N–H and O–H groups in total. The van der Waals surface area contributed by atoms with Gasteiger partial charge in [0.2, 0.25) is 11.9 Å². The van der Waals surface area contributed by atoms with Gasteiger partial charge in [0.25, 0.3) is 0 Å². The minimum atomic E-state index is -0.448. The van der Waals surface area contributed by atoms with Crippen LogP contribution in [-0.2, 0) is 9.53 Å². The molecule has 3 aromatic rings. The van der Waals surface area contributed by atoms with E-state index >= 15 is 0 Å². The smallest absolute Gasteiger partial charge is 0.340 e. The number of ether oxygens (including phenoxy) is 1. The molecular formula is C25H26N4O3. The highest BCUT2D eigenvalue weighted by molar-refractivity contribution is 6.03. The number of carbonyl (C=O) groups is 2. The summed E-state index contributed by atoms with van der Waals surface area (Å²) in [6, 6.07) is 17.0. The van der Waals surface area contributed by atoms with Crippen LogP contribution in [0.15, 0.2) is 67.0 Å². The Balaban J connectivity index is 1.48. The van der Waals surface area contributed by atoms with Gasteiger partial charge in [0.1, 0.15) is 0 Å². The van der Waals surface area contributed by atoms with Gasteiger partial charge in [-0.3, -0.25) is 4.79 Å². The summed E-state index contributed by atoms with van der Waals surface area (Å²) >= 11 is 0. The number of piperidine rings is 1. The van der Waals surface area contributed by atoms with E-state index in [0.29, 0.717) is 43.1 Å². The molecule has 7 heteroatoms. The van der Waals surface area contributed by atoms with Gasteiger partial charge in [0.15, 0.2) is 0 Å². The molecule has 0 saturated carbocycles. The van der Waals surface area contributed by atoms with Gasteiger partial charge in [0.05, 0.1) is 17.9 Å². The Morgan fingerprint density at radius 2 is 1.72 bits per heavy atom. The Morgan fingerprint density at radius 1 is 1.00 bits per heavy atom. The highest BCUT2D eigenvalue weighted by Crippen LogP contribution is 2.28. The van der Waals surface area contributed by atoms with Crippen molar-refractivity contribution in [1.82, 2.24) is 9.97 Å². The van der Waals surface area contributed by atoms with E-state index in [1.54, 1.807) is 37.5 Å². The molecule has 0 atom stereocenters. The standard InChI is InChI=1S/C25H26N4O3/c1-2-32-24(31)21-17-20(18-7-4-3-5-8-18)9-10-22(21)28-23(30)19-11-15-29(16-12-19)25-26-13-6-14-27-25/h3-10,13-14,17,19H,2,11-12,15-16H2,1H3,(H,28,30). The second-order valence-electron chi connectivity index (χ2n) is 7.65. The van der Waals surface area contributed by atoms with Crippen LogP contribution in [0.5, 0.6) is 0 Å². The fourth-order valence-electron chi connectivity index (χ4n) is 3.87. The van der Waals surface area contributed by atoms with Gasteiger partial charge in [-0.05, 0) is 49.1 Å². The first-order valence-electron chi connectivity index (χ1n) is 10.8. The molecule has 7 nitrogen and oxygen atoms in total. The molecule has 0 unspecified atom stereocenters. The number of aromatic nitrogens is 2. The van der Waals surface area contributed by atoms with Crippen LogP contribution in [0.2, 0.25) is 0 Å². The summed E-state index contributed by atoms with van der Waals surface area (Å²) < 4.78 is 5.24. The van der Waals surface area contributed by atoms with Gasteiger partial charge in [-0.1, -0.05) is 36.4 Å². The van der Waals surface area contributed by atoms with Crippen LogP contribution in [0.25, 0.3) is 11.1 Å². The molecule has 0 spiro atoms. The first-order valence-corrected chi connectivity index (χ1v) is 10.8. The number of rotatable bonds is 6. The SMILES string of the molecule is CCOC(=O)c1cc(-c2ccccc2)ccc1NC(=O)C1CCN(c2ncccn2)CC1. The molecule has 1 aromatic heterocycles. The Labute approximate surface area is 187 Å². The Kier molecular flexibility index (Phi) is 6.75. The zero-order valence-electron chi connectivity index (χ0n) is 18.0. The van der Waals surface area contributed by atoms with Crippen LogP contribution in [0.1, 0.15) is 30.1 Å². The summed E-state index contributed by atoms with van der Waals surface area (Å²) in [5, 5.41) is 2.96. The van der Waals surface area contributed by atoms with Gasteiger partial charge in [-0.2, -0.15) is 0 Å². The van der Waals surface area contributed by atoms with E-state index in [1.165, 1.54) is 0 Å². The number of esters is 1. The largest absolute Gasteiger partial charge is 0.462 e. The van der Waals surface area contributed by atoms with E-state index in [2.05, 4.69) is 20.2 Å². The lowest BCUT2D eigenvalue weighted by Gasteiger charge is -2.31. The van der Waals surface area contributed by atoms with Gasteiger partial charge in [-0.25, -0.2) is 14.8 Å². The van der Waals surface area contributed by atoms with Crippen LogP contribution in [-0.4, -0.2) is 41.5 Å². The fraction of sp³-hybridized carbons (Fsp3) is 0.280. The molecular weight excluding hydrogens is 404 g/mol. The van der Waals surface area contributed by atoms with Crippen molar-refractivity contribution in [2.45, 2.75) is 19.8 Å². The van der Waals surface area contributed by atoms with Crippen LogP contribution < -0.4 is 10.2 Å². The third-order valence-corrected chi connectivity index (χ3v) is 5.58. The number of anilines is 2. The zero-order chi connectivity index (χ0) is 22.3. The predicted molar refractivity (Wildman–Crippen MR) is 123 cm³/mol. The highest BCUT2D eigenvalue weighted by atomic mass is 16.5. The second kappa shape index (κ2) is 10.0. The van der Waals surface area contributed by atoms with Crippen LogP contribution in [0, 0.1) is 5.92 Å². The average molecular weight is 431 g/mol. The molecule has 2 aromatic carbocycles. The molecule has 0 aliphatic carbocycles. The average Bonchev–Trinajstić information content (AvgIpc) is 2.85. The van der Waals surface area contributed by atoms with Gasteiger partial charge in [0, 0.05) is 31.4 Å². The minimum Gasteiger partial charge on any atom is -0.462 e. The first-order chi connectivity index (χ1) is 15.7. The molecule has 4 rings (SSSR count). The maximum absolute atomic E-state index is 13.0. The second-order valence-corrected chi connectivity index (χ2v) is 7.65. The van der Waals surface area contributed by atoms with E-state index in [9.17, 15) is 9.59 Å². The quantitative estimate of drug-likeness (QED) is 0.591. The zero-order valence-corrected chi connectivity index (χ0v) is 18.0. The number of nitrogens with one attached hydrogen (secondary N) is 1. The lowest BCUT2D eigenvalue weighted by atomic mass is 9.95. The molecule has 1 fully saturated rings. The lowest BCUT2D eigenvalue weighted by Crippen LogP contribution is -2.39. The molecule has 2 heterocycles. The van der Waals surface area contributed by atoms with Crippen molar-refractivity contribution in [3.63, 3.8) is 0 Å². The van der Waals surface area contributed by atoms with Crippen molar-refractivity contribution >= 4 is 23.5 Å². The molecule has 1 amide bonds. The number of hydrogen-bond donors (Lipinski definition) is 1. The van der Waals surface area contributed by atoms with Crippen LogP contribution in [0.4, 0.5) is 11.6 Å². The third-order valence-electron chi connectivity index (χ3n) is 5.58. The van der Waals surface area contributed by atoms with Crippen molar-refractivity contribution in [3.05, 3.63) is 72.6 Å². The highest BCUT2D eigenvalue weighted by Gasteiger charge is 2.27. The number of carbonyl (C=O) groups excluding carboxylic acids is 2. The minimum absolute atomic E-state index is 0.0864. The maximum Gasteiger partial charge on any atom is 0.340 e. The van der Waals surface area contributed by atoms with Crippen molar-refractivity contribution in [1.29, 1.82) is 0 Å². The predicted octanol–water partition coefficient (Wildman–Crippen LogP) is 4.18. The van der Waals surface area contributed by atoms with E-state index in [0.717, 1.165) is 11.1 Å². The van der Waals surface area contributed by atoms with Crippen LogP contribution in [0.3, 0.4) is 0 Å². The molecule has 32 heavy (non-hydrogen) atoms. The Hall–Kier alpha value is -3.74. The van der Waals surface area contributed by atoms with Crippen molar-refractivity contribution in [2.24, 2.45) is 5.92 Å². The summed E-state index contributed by atoms with van der Waals surface area (Å²) in [6.07, 6.45) is 4.83. The molecule has 0 bridgehead atoms. The summed E-state index contributed by atoms with van der Waals surface area (Å²) in [7, 11) is 0. The van der Waals surface area contributed by atoms with Gasteiger partial charge < -0.3 is 15.0 Å². The summed E-state index contributed by atoms with van der Waals surface area (Å²) in [6.45, 7) is 3.45. The fourth-order valence-corrected chi connectivity index (χ4v) is 3.87. The van der Waals surface area contributed by atoms with Crippen LogP contribution >= 0.6 is 0 Å². The maximum atomic E-state index is 13.0. The van der Waals surface area contributed by atoms with Gasteiger partial charge in [-0.15, -0.1) is 0 Å². The molecule has 1 aliphatic rings. The van der Waals surface area contributed by atoms with Crippen molar-refractivity contribution in [2.75, 3.05) is 29.9 Å². The number of hydrogen-bond acceptors (Lipinski definition) is 6. The van der Waals surface area contributed by atoms with E-state index in [1.807, 2.05) is 36.4 Å². The monoisotopic (exact) mass is 430 g/mol. The number of benzene rings is 2. The normalized spacial score (nSPS) is 14.1. The topological polar surface area (TPSA) is 84.4 Å². The molecule has 1 saturated heterocycles. The first kappa shape index (κ1) is 21.5. The van der Waals surface area contributed by atoms with Crippen molar-refractivity contribution < 1.29 is 14.3 Å². The van der Waals surface area contributed by atoms with E-state index in [-0.39, 0.29) is 18.4 Å². The van der Waals surface area contributed by atoms with E-state index in [4.69, 9.17) is 4.74 Å². The van der Waals surface area contributed by atoms with E-state index < -0.39 is 5.97 Å². The number of nitrogens with zero attached hydrogens (tertiary/aromatic N) is 3. The van der Waals surface area contributed by atoms with Crippen molar-refractivity contribution in [3.8, 4) is 11.1 Å². The lowest BCUT2D eigenvalue weighted by molar-refractivity contribution is -0.120. The molecule has 1 aliphatic heterocycles. The molecule has 0 radical (unpaired) electrons. The molecule has 164 valence electrons. The Morgan fingerprint density at radius 3 is 2.41 bits per heavy atom. The summed E-state index contributed by atoms with van der Waals surface area (Å²) in [5.74, 6) is 0.0135. The Bertz CT molecular complexity index is 1070.